The number of amides is 4. The second kappa shape index (κ2) is 6.54. The zero-order valence-electron chi connectivity index (χ0n) is 15.1. The SMILES string of the molecule is CCN(C(=O)CN1C(=O)NC2(CCc3ccccc32)C1=O)c1ccccc1. The molecule has 1 fully saturated rings. The zero-order valence-corrected chi connectivity index (χ0v) is 15.1. The lowest BCUT2D eigenvalue weighted by atomic mass is 9.92. The summed E-state index contributed by atoms with van der Waals surface area (Å²) >= 11 is 0. The maximum atomic E-state index is 13.2. The molecule has 1 N–H and O–H groups in total. The van der Waals surface area contributed by atoms with Crippen molar-refractivity contribution in [3.8, 4) is 0 Å². The Morgan fingerprint density at radius 2 is 1.81 bits per heavy atom. The summed E-state index contributed by atoms with van der Waals surface area (Å²) in [6.45, 7) is 2.06. The van der Waals surface area contributed by atoms with E-state index >= 15 is 0 Å². The first kappa shape index (κ1) is 17.3. The molecule has 6 nitrogen and oxygen atoms in total. The van der Waals surface area contributed by atoms with Crippen LogP contribution in [0.5, 0.6) is 0 Å². The van der Waals surface area contributed by atoms with Crippen LogP contribution in [-0.2, 0) is 21.5 Å². The van der Waals surface area contributed by atoms with E-state index in [1.165, 1.54) is 0 Å². The average Bonchev–Trinajstić information content (AvgIpc) is 3.17. The summed E-state index contributed by atoms with van der Waals surface area (Å²) < 4.78 is 0. The molecule has 2 aromatic rings. The lowest BCUT2D eigenvalue weighted by Gasteiger charge is -2.24. The van der Waals surface area contributed by atoms with E-state index in [0.717, 1.165) is 28.1 Å². The zero-order chi connectivity index (χ0) is 19.0. The highest BCUT2D eigenvalue weighted by atomic mass is 16.2. The number of fused-ring (bicyclic) bond motifs is 2. The minimum absolute atomic E-state index is 0.267. The topological polar surface area (TPSA) is 69.7 Å². The minimum atomic E-state index is -1.03. The lowest BCUT2D eigenvalue weighted by molar-refractivity contribution is -0.134. The number of para-hydroxylation sites is 1. The molecule has 0 radical (unpaired) electrons. The number of urea groups is 1. The van der Waals surface area contributed by atoms with E-state index in [0.29, 0.717) is 13.0 Å². The molecule has 1 spiro atoms. The Labute approximate surface area is 157 Å². The number of benzene rings is 2. The van der Waals surface area contributed by atoms with E-state index in [-0.39, 0.29) is 18.4 Å². The van der Waals surface area contributed by atoms with Crippen molar-refractivity contribution in [3.05, 3.63) is 65.7 Å². The quantitative estimate of drug-likeness (QED) is 0.848. The molecule has 4 amide bonds. The summed E-state index contributed by atoms with van der Waals surface area (Å²) in [5.74, 6) is -0.620. The van der Waals surface area contributed by atoms with Gasteiger partial charge in [-0.2, -0.15) is 0 Å². The third kappa shape index (κ3) is 2.68. The third-order valence-electron chi connectivity index (χ3n) is 5.40. The van der Waals surface area contributed by atoms with Crippen molar-refractivity contribution in [2.45, 2.75) is 25.3 Å². The number of hydrogen-bond donors (Lipinski definition) is 1. The predicted octanol–water partition coefficient (Wildman–Crippen LogP) is 2.43. The van der Waals surface area contributed by atoms with Crippen LogP contribution in [0.25, 0.3) is 0 Å². The van der Waals surface area contributed by atoms with Crippen LogP contribution in [0.1, 0.15) is 24.5 Å². The van der Waals surface area contributed by atoms with Crippen molar-refractivity contribution in [2.24, 2.45) is 0 Å². The number of hydrogen-bond acceptors (Lipinski definition) is 3. The number of carbonyl (C=O) groups excluding carboxylic acids is 3. The van der Waals surface area contributed by atoms with Gasteiger partial charge < -0.3 is 10.2 Å². The van der Waals surface area contributed by atoms with Crippen molar-refractivity contribution in [2.75, 3.05) is 18.0 Å². The summed E-state index contributed by atoms with van der Waals surface area (Å²) in [5.41, 5.74) is 1.63. The molecule has 4 rings (SSSR count). The van der Waals surface area contributed by atoms with E-state index in [1.807, 2.05) is 61.5 Å². The number of nitrogens with zero attached hydrogens (tertiary/aromatic N) is 2. The van der Waals surface area contributed by atoms with Crippen molar-refractivity contribution in [1.29, 1.82) is 0 Å². The highest BCUT2D eigenvalue weighted by Crippen LogP contribution is 2.41. The van der Waals surface area contributed by atoms with Gasteiger partial charge in [-0.1, -0.05) is 42.5 Å². The molecule has 2 aromatic carbocycles. The van der Waals surface area contributed by atoms with Crippen LogP contribution in [-0.4, -0.2) is 35.8 Å². The number of imide groups is 1. The minimum Gasteiger partial charge on any atom is -0.319 e. The Morgan fingerprint density at radius 1 is 1.11 bits per heavy atom. The first-order valence-corrected chi connectivity index (χ1v) is 9.15. The van der Waals surface area contributed by atoms with Crippen molar-refractivity contribution in [3.63, 3.8) is 0 Å². The molecular weight excluding hydrogens is 342 g/mol. The summed E-state index contributed by atoms with van der Waals surface area (Å²) in [6.07, 6.45) is 1.26. The Morgan fingerprint density at radius 3 is 2.56 bits per heavy atom. The molecule has 0 saturated carbocycles. The van der Waals surface area contributed by atoms with Crippen molar-refractivity contribution < 1.29 is 14.4 Å². The van der Waals surface area contributed by atoms with Crippen LogP contribution in [0, 0.1) is 0 Å². The second-order valence-corrected chi connectivity index (χ2v) is 6.86. The summed E-state index contributed by atoms with van der Waals surface area (Å²) in [4.78, 5) is 41.2. The van der Waals surface area contributed by atoms with Gasteiger partial charge in [0.25, 0.3) is 5.91 Å². The van der Waals surface area contributed by atoms with E-state index in [1.54, 1.807) is 4.90 Å². The molecule has 27 heavy (non-hydrogen) atoms. The number of likely N-dealkylation sites (N-methyl/N-ethyl adjacent to an activating group) is 1. The monoisotopic (exact) mass is 363 g/mol. The predicted molar refractivity (Wildman–Crippen MR) is 101 cm³/mol. The first-order valence-electron chi connectivity index (χ1n) is 9.15. The van der Waals surface area contributed by atoms with Gasteiger partial charge in [-0.05, 0) is 43.0 Å². The van der Waals surface area contributed by atoms with Gasteiger partial charge in [0, 0.05) is 12.2 Å². The van der Waals surface area contributed by atoms with Crippen molar-refractivity contribution >= 4 is 23.5 Å². The number of carbonyl (C=O) groups is 3. The molecule has 1 atom stereocenters. The van der Waals surface area contributed by atoms with Crippen LogP contribution in [0.4, 0.5) is 10.5 Å². The van der Waals surface area contributed by atoms with Gasteiger partial charge in [0.2, 0.25) is 5.91 Å². The van der Waals surface area contributed by atoms with Gasteiger partial charge in [0.1, 0.15) is 12.1 Å². The number of nitrogens with one attached hydrogen (secondary N) is 1. The fraction of sp³-hybridized carbons (Fsp3) is 0.286. The van der Waals surface area contributed by atoms with E-state index in [2.05, 4.69) is 5.32 Å². The normalized spacial score (nSPS) is 20.7. The largest absolute Gasteiger partial charge is 0.325 e. The van der Waals surface area contributed by atoms with Gasteiger partial charge >= 0.3 is 6.03 Å². The molecule has 1 aliphatic heterocycles. The molecule has 1 saturated heterocycles. The lowest BCUT2D eigenvalue weighted by Crippen LogP contribution is -2.45. The molecular formula is C21H21N3O3. The third-order valence-corrected chi connectivity index (χ3v) is 5.40. The van der Waals surface area contributed by atoms with Gasteiger partial charge in [-0.3, -0.25) is 14.5 Å². The van der Waals surface area contributed by atoms with Crippen LogP contribution >= 0.6 is 0 Å². The Hall–Kier alpha value is -3.15. The van der Waals surface area contributed by atoms with Gasteiger partial charge in [-0.25, -0.2) is 4.79 Å². The standard InChI is InChI=1S/C21H21N3O3/c1-2-23(16-9-4-3-5-10-16)18(25)14-24-19(26)21(22-20(24)27)13-12-15-8-6-7-11-17(15)21/h3-11H,2,12-14H2,1H3,(H,22,27). The van der Waals surface area contributed by atoms with Crippen LogP contribution in [0.2, 0.25) is 0 Å². The highest BCUT2D eigenvalue weighted by Gasteiger charge is 2.55. The molecule has 0 bridgehead atoms. The van der Waals surface area contributed by atoms with Crippen LogP contribution in [0.15, 0.2) is 54.6 Å². The molecule has 138 valence electrons. The highest BCUT2D eigenvalue weighted by molar-refractivity contribution is 6.11. The Balaban J connectivity index is 1.58. The number of rotatable bonds is 4. The van der Waals surface area contributed by atoms with Gasteiger partial charge in [0.15, 0.2) is 0 Å². The van der Waals surface area contributed by atoms with Gasteiger partial charge in [-0.15, -0.1) is 0 Å². The average molecular weight is 363 g/mol. The molecule has 2 aliphatic rings. The van der Waals surface area contributed by atoms with Crippen molar-refractivity contribution in [1.82, 2.24) is 10.2 Å². The summed E-state index contributed by atoms with van der Waals surface area (Å²) in [6, 6.07) is 16.4. The smallest absolute Gasteiger partial charge is 0.319 e. The maximum Gasteiger partial charge on any atom is 0.325 e. The summed E-state index contributed by atoms with van der Waals surface area (Å²) in [7, 11) is 0. The Bertz CT molecular complexity index is 912. The number of anilines is 1. The van der Waals surface area contributed by atoms with Crippen LogP contribution in [0.3, 0.4) is 0 Å². The summed E-state index contributed by atoms with van der Waals surface area (Å²) in [5, 5.41) is 2.85. The molecule has 0 aromatic heterocycles. The van der Waals surface area contributed by atoms with Gasteiger partial charge in [0.05, 0.1) is 0 Å². The molecule has 1 unspecified atom stereocenters. The van der Waals surface area contributed by atoms with E-state index in [9.17, 15) is 14.4 Å². The second-order valence-electron chi connectivity index (χ2n) is 6.86. The Kier molecular flexibility index (Phi) is 4.18. The molecule has 1 aliphatic carbocycles. The van der Waals surface area contributed by atoms with E-state index in [4.69, 9.17) is 0 Å². The first-order chi connectivity index (χ1) is 13.1. The van der Waals surface area contributed by atoms with Crippen LogP contribution < -0.4 is 10.2 Å². The molecule has 1 heterocycles. The fourth-order valence-electron chi connectivity index (χ4n) is 4.06. The number of aryl methyl sites for hydroxylation is 1. The fourth-order valence-corrected chi connectivity index (χ4v) is 4.06. The van der Waals surface area contributed by atoms with E-state index < -0.39 is 11.6 Å². The molecule has 6 heteroatoms. The maximum absolute atomic E-state index is 13.2.